The second-order valence-electron chi connectivity index (χ2n) is 15.7. The third kappa shape index (κ3) is 4.65. The van der Waals surface area contributed by atoms with E-state index in [2.05, 4.69) is 200 Å². The molecule has 0 saturated carbocycles. The van der Waals surface area contributed by atoms with Crippen molar-refractivity contribution in [3.05, 3.63) is 228 Å². The summed E-state index contributed by atoms with van der Waals surface area (Å²) in [6.45, 7) is 0. The van der Waals surface area contributed by atoms with E-state index in [0.29, 0.717) is 0 Å². The maximum absolute atomic E-state index is 6.62. The molecule has 2 aliphatic carbocycles. The number of rotatable bonds is 3. The monoisotopic (exact) mass is 743 g/mol. The Balaban J connectivity index is 1.19. The lowest BCUT2D eigenvalue weighted by Gasteiger charge is -2.43. The third-order valence-electron chi connectivity index (χ3n) is 12.9. The van der Waals surface area contributed by atoms with Crippen LogP contribution in [0.5, 0.6) is 0 Å². The number of allylic oxidation sites excluding steroid dienone is 4. The van der Waals surface area contributed by atoms with Crippen LogP contribution in [0.3, 0.4) is 0 Å². The normalized spacial score (nSPS) is 17.3. The SMILES string of the molecule is Nc1ccc2c(c1)C1C=CC(c3c4ccccc4c(-c4cccc5ccccc45)c4ccc(-c5ccccc5)cc34)=CC1C21c2ccccc2Sc2ccccc21. The minimum atomic E-state index is -0.383. The molecule has 1 heterocycles. The van der Waals surface area contributed by atoms with E-state index in [1.807, 2.05) is 11.8 Å². The fourth-order valence-corrected chi connectivity index (χ4v) is 11.9. The topological polar surface area (TPSA) is 26.0 Å². The van der Waals surface area contributed by atoms with Crippen LogP contribution in [0.25, 0.3) is 60.1 Å². The van der Waals surface area contributed by atoms with Gasteiger partial charge in [-0.25, -0.2) is 0 Å². The molecular weight excluding hydrogens is 707 g/mol. The van der Waals surface area contributed by atoms with Crippen molar-refractivity contribution < 1.29 is 0 Å². The van der Waals surface area contributed by atoms with Crippen LogP contribution >= 0.6 is 11.8 Å². The smallest absolute Gasteiger partial charge is 0.0548 e. The Hall–Kier alpha value is -6.61. The van der Waals surface area contributed by atoms with Crippen molar-refractivity contribution in [1.29, 1.82) is 0 Å². The van der Waals surface area contributed by atoms with Gasteiger partial charge in [0.15, 0.2) is 0 Å². The highest BCUT2D eigenvalue weighted by Crippen LogP contribution is 2.65. The summed E-state index contributed by atoms with van der Waals surface area (Å²) in [4.78, 5) is 2.65. The molecule has 0 bridgehead atoms. The first-order valence-corrected chi connectivity index (χ1v) is 20.7. The number of nitrogens with two attached hydrogens (primary N) is 1. The highest BCUT2D eigenvalue weighted by Gasteiger charge is 2.56. The van der Waals surface area contributed by atoms with Crippen LogP contribution in [-0.4, -0.2) is 0 Å². The fourth-order valence-electron chi connectivity index (χ4n) is 10.6. The molecule has 0 aromatic heterocycles. The van der Waals surface area contributed by atoms with E-state index >= 15 is 0 Å². The number of nitrogen functional groups attached to an aromatic ring is 1. The zero-order chi connectivity index (χ0) is 37.7. The lowest BCUT2D eigenvalue weighted by Crippen LogP contribution is -2.37. The summed E-state index contributed by atoms with van der Waals surface area (Å²) in [5, 5.41) is 7.57. The molecule has 2 unspecified atom stereocenters. The first kappa shape index (κ1) is 32.6. The van der Waals surface area contributed by atoms with Crippen LogP contribution in [0.1, 0.15) is 33.7 Å². The summed E-state index contributed by atoms with van der Waals surface area (Å²) >= 11 is 1.90. The summed E-state index contributed by atoms with van der Waals surface area (Å²) in [7, 11) is 0. The van der Waals surface area contributed by atoms with Gasteiger partial charge in [-0.1, -0.05) is 182 Å². The molecule has 2 atom stereocenters. The number of hydrogen-bond acceptors (Lipinski definition) is 2. The van der Waals surface area contributed by atoms with Crippen LogP contribution in [0.15, 0.2) is 210 Å². The van der Waals surface area contributed by atoms with E-state index in [-0.39, 0.29) is 17.3 Å². The molecule has 268 valence electrons. The lowest BCUT2D eigenvalue weighted by atomic mass is 9.62. The molecule has 0 saturated heterocycles. The van der Waals surface area contributed by atoms with Gasteiger partial charge in [-0.2, -0.15) is 0 Å². The van der Waals surface area contributed by atoms with Gasteiger partial charge in [0.25, 0.3) is 0 Å². The Kier molecular flexibility index (Phi) is 7.12. The Morgan fingerprint density at radius 3 is 1.91 bits per heavy atom. The van der Waals surface area contributed by atoms with Gasteiger partial charge in [-0.3, -0.25) is 0 Å². The van der Waals surface area contributed by atoms with Crippen molar-refractivity contribution in [2.24, 2.45) is 5.92 Å². The van der Waals surface area contributed by atoms with Crippen molar-refractivity contribution in [1.82, 2.24) is 0 Å². The largest absolute Gasteiger partial charge is 0.399 e. The van der Waals surface area contributed by atoms with E-state index in [1.54, 1.807) is 0 Å². The maximum Gasteiger partial charge on any atom is 0.0548 e. The van der Waals surface area contributed by atoms with Crippen molar-refractivity contribution in [3.8, 4) is 22.3 Å². The van der Waals surface area contributed by atoms with Crippen molar-refractivity contribution in [3.63, 3.8) is 0 Å². The minimum Gasteiger partial charge on any atom is -0.399 e. The highest BCUT2D eigenvalue weighted by atomic mass is 32.2. The number of fused-ring (bicyclic) bond motifs is 12. The molecule has 2 N–H and O–H groups in total. The predicted molar refractivity (Wildman–Crippen MR) is 241 cm³/mol. The standard InChI is InChI=1S/C55H37NS/c56-38-27-30-47-45(33-38)40-28-26-37(32-50(40)55(47)48-21-8-10-23-51(48)57-52-24-11-9-22-49(52)55)53-42-18-6-7-19-43(42)54(41-20-12-16-35-15-4-5-17-39(35)41)44-29-25-36(31-46(44)53)34-13-2-1-3-14-34/h1-33,40,50H,56H2. The molecule has 1 nitrogen and oxygen atoms in total. The van der Waals surface area contributed by atoms with Gasteiger partial charge in [-0.05, 0) is 118 Å². The molecule has 9 aromatic rings. The molecule has 1 aliphatic heterocycles. The van der Waals surface area contributed by atoms with Crippen molar-refractivity contribution in [2.75, 3.05) is 5.73 Å². The second-order valence-corrected chi connectivity index (χ2v) is 16.8. The summed E-state index contributed by atoms with van der Waals surface area (Å²) < 4.78 is 0. The molecule has 57 heavy (non-hydrogen) atoms. The van der Waals surface area contributed by atoms with E-state index < -0.39 is 0 Å². The van der Waals surface area contributed by atoms with Crippen LogP contribution in [0, 0.1) is 5.92 Å². The van der Waals surface area contributed by atoms with Crippen LogP contribution < -0.4 is 5.73 Å². The quantitative estimate of drug-likeness (QED) is 0.144. The van der Waals surface area contributed by atoms with Gasteiger partial charge in [-0.15, -0.1) is 0 Å². The van der Waals surface area contributed by atoms with Crippen LogP contribution in [-0.2, 0) is 5.41 Å². The van der Waals surface area contributed by atoms with Gasteiger partial charge >= 0.3 is 0 Å². The Morgan fingerprint density at radius 1 is 0.474 bits per heavy atom. The Morgan fingerprint density at radius 2 is 1.12 bits per heavy atom. The minimum absolute atomic E-state index is 0.126. The van der Waals surface area contributed by atoms with Crippen LogP contribution in [0.4, 0.5) is 5.69 Å². The van der Waals surface area contributed by atoms with E-state index in [4.69, 9.17) is 5.73 Å². The molecule has 12 rings (SSSR count). The summed E-state index contributed by atoms with van der Waals surface area (Å²) in [5.74, 6) is 0.296. The fraction of sp³-hybridized carbons (Fsp3) is 0.0545. The first-order valence-electron chi connectivity index (χ1n) is 19.9. The molecule has 0 fully saturated rings. The first-order chi connectivity index (χ1) is 28.2. The maximum atomic E-state index is 6.62. The molecule has 0 amide bonds. The average Bonchev–Trinajstić information content (AvgIpc) is 3.54. The van der Waals surface area contributed by atoms with E-state index in [1.165, 1.54) is 97.8 Å². The van der Waals surface area contributed by atoms with Gasteiger partial charge in [0.05, 0.1) is 5.41 Å². The van der Waals surface area contributed by atoms with Gasteiger partial charge < -0.3 is 5.73 Å². The molecule has 9 aromatic carbocycles. The number of anilines is 1. The van der Waals surface area contributed by atoms with Crippen LogP contribution in [0.2, 0.25) is 0 Å². The predicted octanol–water partition coefficient (Wildman–Crippen LogP) is 14.2. The summed E-state index contributed by atoms with van der Waals surface area (Å²) in [6, 6.07) is 67.4. The number of hydrogen-bond donors (Lipinski definition) is 1. The van der Waals surface area contributed by atoms with E-state index in [9.17, 15) is 0 Å². The second kappa shape index (κ2) is 12.4. The molecule has 1 spiro atoms. The lowest BCUT2D eigenvalue weighted by molar-refractivity contribution is 0.443. The molecular formula is C55H37NS. The highest BCUT2D eigenvalue weighted by molar-refractivity contribution is 7.99. The zero-order valence-corrected chi connectivity index (χ0v) is 32.0. The third-order valence-corrected chi connectivity index (χ3v) is 14.1. The van der Waals surface area contributed by atoms with Gasteiger partial charge in [0.1, 0.15) is 0 Å². The Bertz CT molecular complexity index is 3140. The molecule has 3 aliphatic rings. The van der Waals surface area contributed by atoms with E-state index in [0.717, 1.165) is 5.69 Å². The Labute approximate surface area is 336 Å². The number of benzene rings is 9. The van der Waals surface area contributed by atoms with Gasteiger partial charge in [0, 0.05) is 27.3 Å². The summed E-state index contributed by atoms with van der Waals surface area (Å²) in [6.07, 6.45) is 7.54. The van der Waals surface area contributed by atoms with Crippen molar-refractivity contribution >= 4 is 55.3 Å². The van der Waals surface area contributed by atoms with Crippen molar-refractivity contribution in [2.45, 2.75) is 21.1 Å². The summed E-state index contributed by atoms with van der Waals surface area (Å²) in [5.41, 5.74) is 20.0. The zero-order valence-electron chi connectivity index (χ0n) is 31.2. The van der Waals surface area contributed by atoms with Gasteiger partial charge in [0.2, 0.25) is 0 Å². The molecule has 2 heteroatoms. The molecule has 0 radical (unpaired) electrons. The average molecular weight is 744 g/mol.